The summed E-state index contributed by atoms with van der Waals surface area (Å²) in [5, 5.41) is 14.2. The highest BCUT2D eigenvalue weighted by Crippen LogP contribution is 2.32. The van der Waals surface area contributed by atoms with E-state index in [0.717, 1.165) is 32.4 Å². The maximum absolute atomic E-state index is 12.4. The SMILES string of the molecule is COc1ccc(C(=O)SNC(=O)Nc2cc(-c3nc4ccccc4s3)ccc2C)cc1[N+](=O)[O-]. The van der Waals surface area contributed by atoms with Gasteiger partial charge in [0, 0.05) is 34.8 Å². The van der Waals surface area contributed by atoms with Crippen molar-refractivity contribution in [2.75, 3.05) is 12.4 Å². The van der Waals surface area contributed by atoms with Crippen molar-refractivity contribution in [1.82, 2.24) is 9.71 Å². The molecular weight excluding hydrogens is 476 g/mol. The number of para-hydroxylation sites is 1. The third-order valence-electron chi connectivity index (χ3n) is 4.87. The number of hydrogen-bond donors (Lipinski definition) is 2. The second-order valence-corrected chi connectivity index (χ2v) is 8.92. The van der Waals surface area contributed by atoms with Crippen LogP contribution in [0.15, 0.2) is 60.7 Å². The first kappa shape index (κ1) is 23.2. The molecule has 0 fully saturated rings. The number of ether oxygens (including phenoxy) is 1. The normalized spacial score (nSPS) is 10.6. The topological polar surface area (TPSA) is 123 Å². The van der Waals surface area contributed by atoms with Gasteiger partial charge in [0.05, 0.1) is 22.2 Å². The van der Waals surface area contributed by atoms with Crippen LogP contribution in [0.2, 0.25) is 0 Å². The number of thiazole rings is 1. The van der Waals surface area contributed by atoms with E-state index in [2.05, 4.69) is 15.0 Å². The number of anilines is 1. The molecule has 9 nitrogen and oxygen atoms in total. The minimum Gasteiger partial charge on any atom is -0.490 e. The molecule has 0 aliphatic rings. The molecule has 4 aromatic rings. The van der Waals surface area contributed by atoms with Gasteiger partial charge in [0.1, 0.15) is 5.01 Å². The molecule has 0 saturated carbocycles. The van der Waals surface area contributed by atoms with Crippen LogP contribution in [-0.2, 0) is 0 Å². The number of benzene rings is 3. The standard InChI is InChI=1S/C23H18N4O5S2/c1-13-7-8-14(21-24-16-5-3-4-6-20(16)33-21)11-17(13)25-23(29)26-34-22(28)15-9-10-19(32-2)18(12-15)27(30)31/h3-12H,1-2H3,(H2,25,26,29). The maximum atomic E-state index is 12.4. The average Bonchev–Trinajstić information content (AvgIpc) is 3.27. The molecule has 11 heteroatoms. The Morgan fingerprint density at radius 1 is 1.12 bits per heavy atom. The van der Waals surface area contributed by atoms with E-state index in [1.165, 1.54) is 19.2 Å². The molecular formula is C23H18N4O5S2. The average molecular weight is 495 g/mol. The van der Waals surface area contributed by atoms with E-state index in [0.29, 0.717) is 17.6 Å². The van der Waals surface area contributed by atoms with Crippen molar-refractivity contribution in [3.8, 4) is 16.3 Å². The van der Waals surface area contributed by atoms with Crippen LogP contribution < -0.4 is 14.8 Å². The fraction of sp³-hybridized carbons (Fsp3) is 0.0870. The Morgan fingerprint density at radius 3 is 2.65 bits per heavy atom. The number of nitro benzene ring substituents is 1. The number of hydrogen-bond acceptors (Lipinski definition) is 8. The summed E-state index contributed by atoms with van der Waals surface area (Å²) in [5.41, 5.74) is 2.90. The van der Waals surface area contributed by atoms with E-state index in [9.17, 15) is 19.7 Å². The zero-order valence-corrected chi connectivity index (χ0v) is 19.7. The van der Waals surface area contributed by atoms with Crippen molar-refractivity contribution in [3.63, 3.8) is 0 Å². The monoisotopic (exact) mass is 494 g/mol. The fourth-order valence-corrected chi connectivity index (χ4v) is 4.59. The molecule has 1 heterocycles. The smallest absolute Gasteiger partial charge is 0.329 e. The van der Waals surface area contributed by atoms with E-state index in [-0.39, 0.29) is 17.0 Å². The van der Waals surface area contributed by atoms with Gasteiger partial charge in [-0.05, 0) is 42.8 Å². The van der Waals surface area contributed by atoms with Crippen LogP contribution in [0.5, 0.6) is 5.75 Å². The van der Waals surface area contributed by atoms with Crippen LogP contribution in [0.1, 0.15) is 15.9 Å². The Labute approximate surface area is 202 Å². The molecule has 34 heavy (non-hydrogen) atoms. The van der Waals surface area contributed by atoms with Gasteiger partial charge in [-0.3, -0.25) is 19.6 Å². The number of amides is 2. The second-order valence-electron chi connectivity index (χ2n) is 7.11. The van der Waals surface area contributed by atoms with Crippen molar-refractivity contribution < 1.29 is 19.2 Å². The molecule has 172 valence electrons. The lowest BCUT2D eigenvalue weighted by Crippen LogP contribution is -2.24. The predicted molar refractivity (Wildman–Crippen MR) is 134 cm³/mol. The molecule has 0 bridgehead atoms. The van der Waals surface area contributed by atoms with Gasteiger partial charge < -0.3 is 10.1 Å². The summed E-state index contributed by atoms with van der Waals surface area (Å²) in [5.74, 6) is 0.0423. The summed E-state index contributed by atoms with van der Waals surface area (Å²) in [6, 6.07) is 16.7. The molecule has 2 N–H and O–H groups in total. The van der Waals surface area contributed by atoms with Gasteiger partial charge in [-0.2, -0.15) is 0 Å². The van der Waals surface area contributed by atoms with E-state index < -0.39 is 16.1 Å². The maximum Gasteiger partial charge on any atom is 0.329 e. The van der Waals surface area contributed by atoms with Crippen molar-refractivity contribution in [2.24, 2.45) is 0 Å². The Balaban J connectivity index is 1.44. The van der Waals surface area contributed by atoms with Gasteiger partial charge in [-0.15, -0.1) is 11.3 Å². The van der Waals surface area contributed by atoms with E-state index in [4.69, 9.17) is 4.74 Å². The minimum absolute atomic E-state index is 0.0423. The molecule has 0 atom stereocenters. The third-order valence-corrected chi connectivity index (χ3v) is 6.67. The van der Waals surface area contributed by atoms with Gasteiger partial charge in [0.25, 0.3) is 0 Å². The fourth-order valence-electron chi connectivity index (χ4n) is 3.14. The number of carbonyl (C=O) groups excluding carboxylic acids is 2. The van der Waals surface area contributed by atoms with Crippen LogP contribution >= 0.6 is 23.3 Å². The summed E-state index contributed by atoms with van der Waals surface area (Å²) in [4.78, 5) is 40.0. The summed E-state index contributed by atoms with van der Waals surface area (Å²) in [6.45, 7) is 1.85. The number of methoxy groups -OCH3 is 1. The van der Waals surface area contributed by atoms with E-state index in [1.54, 1.807) is 11.3 Å². The van der Waals surface area contributed by atoms with Gasteiger partial charge in [0.15, 0.2) is 5.75 Å². The molecule has 2 amide bonds. The van der Waals surface area contributed by atoms with E-state index >= 15 is 0 Å². The quantitative estimate of drug-likeness (QED) is 0.204. The predicted octanol–water partition coefficient (Wildman–Crippen LogP) is 5.80. The molecule has 4 rings (SSSR count). The first-order chi connectivity index (χ1) is 16.4. The summed E-state index contributed by atoms with van der Waals surface area (Å²) < 4.78 is 8.42. The first-order valence-electron chi connectivity index (χ1n) is 9.93. The molecule has 1 aromatic heterocycles. The molecule has 0 spiro atoms. The number of nitrogens with one attached hydrogen (secondary N) is 2. The number of aryl methyl sites for hydroxylation is 1. The largest absolute Gasteiger partial charge is 0.490 e. The zero-order valence-electron chi connectivity index (χ0n) is 18.0. The molecule has 3 aromatic carbocycles. The van der Waals surface area contributed by atoms with Crippen molar-refractivity contribution in [2.45, 2.75) is 6.92 Å². The Hall–Kier alpha value is -3.96. The van der Waals surface area contributed by atoms with Gasteiger partial charge >= 0.3 is 11.7 Å². The third kappa shape index (κ3) is 5.00. The molecule has 0 aliphatic carbocycles. The Bertz CT molecular complexity index is 1390. The molecule has 0 radical (unpaired) electrons. The van der Waals surface area contributed by atoms with Crippen molar-refractivity contribution >= 4 is 56.0 Å². The molecule has 0 saturated heterocycles. The van der Waals surface area contributed by atoms with Crippen LogP contribution in [0.25, 0.3) is 20.8 Å². The number of aromatic nitrogens is 1. The van der Waals surface area contributed by atoms with Gasteiger partial charge in [-0.1, -0.05) is 24.3 Å². The summed E-state index contributed by atoms with van der Waals surface area (Å²) >= 11 is 2.08. The molecule has 0 aliphatic heterocycles. The number of nitro groups is 1. The highest BCUT2D eigenvalue weighted by Gasteiger charge is 2.19. The van der Waals surface area contributed by atoms with Crippen LogP contribution in [0.3, 0.4) is 0 Å². The van der Waals surface area contributed by atoms with Gasteiger partial charge in [-0.25, -0.2) is 9.78 Å². The highest BCUT2D eigenvalue weighted by molar-refractivity contribution is 8.12. The highest BCUT2D eigenvalue weighted by atomic mass is 32.2. The number of urea groups is 1. The van der Waals surface area contributed by atoms with E-state index in [1.807, 2.05) is 49.4 Å². The second kappa shape index (κ2) is 9.89. The number of rotatable bonds is 5. The summed E-state index contributed by atoms with van der Waals surface area (Å²) in [7, 11) is 1.30. The minimum atomic E-state index is -0.637. The lowest BCUT2D eigenvalue weighted by atomic mass is 10.1. The van der Waals surface area contributed by atoms with Crippen LogP contribution in [-0.4, -0.2) is 28.2 Å². The zero-order chi connectivity index (χ0) is 24.2. The molecule has 0 unspecified atom stereocenters. The first-order valence-corrected chi connectivity index (χ1v) is 11.6. The number of nitrogens with zero attached hydrogens (tertiary/aromatic N) is 2. The number of fused-ring (bicyclic) bond motifs is 1. The lowest BCUT2D eigenvalue weighted by molar-refractivity contribution is -0.385. The Kier molecular flexibility index (Phi) is 6.75. The lowest BCUT2D eigenvalue weighted by Gasteiger charge is -2.10. The van der Waals surface area contributed by atoms with Gasteiger partial charge in [0.2, 0.25) is 5.12 Å². The van der Waals surface area contributed by atoms with Crippen LogP contribution in [0, 0.1) is 17.0 Å². The Morgan fingerprint density at radius 2 is 1.91 bits per heavy atom. The van der Waals surface area contributed by atoms with Crippen molar-refractivity contribution in [3.05, 3.63) is 81.9 Å². The summed E-state index contributed by atoms with van der Waals surface area (Å²) in [6.07, 6.45) is 0. The van der Waals surface area contributed by atoms with Crippen LogP contribution in [0.4, 0.5) is 16.2 Å². The van der Waals surface area contributed by atoms with Crippen molar-refractivity contribution in [1.29, 1.82) is 0 Å². The number of carbonyl (C=O) groups is 2.